The molecule has 4 heterocycles. The van der Waals surface area contributed by atoms with Crippen LogP contribution in [-0.2, 0) is 6.18 Å². The molecule has 176 valence electrons. The van der Waals surface area contributed by atoms with Crippen LogP contribution in [0.5, 0.6) is 0 Å². The Morgan fingerprint density at radius 2 is 1.82 bits per heavy atom. The number of hydrogen-bond donors (Lipinski definition) is 1. The number of alkyl halides is 3. The van der Waals surface area contributed by atoms with Gasteiger partial charge in [-0.25, -0.2) is 18.9 Å². The number of halogens is 5. The average molecular weight is 492 g/mol. The van der Waals surface area contributed by atoms with Crippen LogP contribution in [0.1, 0.15) is 18.5 Å². The molecule has 4 aromatic rings. The highest BCUT2D eigenvalue weighted by atomic mass is 35.5. The lowest BCUT2D eigenvalue weighted by atomic mass is 10.1. The molecule has 1 saturated heterocycles. The highest BCUT2D eigenvalue weighted by molar-refractivity contribution is 6.33. The summed E-state index contributed by atoms with van der Waals surface area (Å²) in [5.41, 5.74) is 0.969. The van der Waals surface area contributed by atoms with Crippen LogP contribution in [0.25, 0.3) is 16.8 Å². The van der Waals surface area contributed by atoms with Crippen molar-refractivity contribution in [2.75, 3.05) is 23.3 Å². The summed E-state index contributed by atoms with van der Waals surface area (Å²) in [6, 6.07) is 8.83. The molecule has 0 saturated carbocycles. The van der Waals surface area contributed by atoms with Crippen molar-refractivity contribution >= 4 is 29.0 Å². The van der Waals surface area contributed by atoms with Crippen LogP contribution in [0.3, 0.4) is 0 Å². The third kappa shape index (κ3) is 4.47. The smallest absolute Gasteiger partial charge is 0.356 e. The van der Waals surface area contributed by atoms with E-state index in [1.807, 2.05) is 6.07 Å². The van der Waals surface area contributed by atoms with Crippen molar-refractivity contribution in [3.63, 3.8) is 0 Å². The SMILES string of the molecule is Fc1ccc(-c2cccn3nc(NC4CCN(c5cc(C(F)(F)F)ncn5)CC4)nc23)c(Cl)c1. The molecule has 0 atom stereocenters. The van der Waals surface area contributed by atoms with Gasteiger partial charge in [-0.1, -0.05) is 11.6 Å². The van der Waals surface area contributed by atoms with Crippen molar-refractivity contribution in [1.82, 2.24) is 24.6 Å². The van der Waals surface area contributed by atoms with Crippen LogP contribution in [0.15, 0.2) is 48.9 Å². The van der Waals surface area contributed by atoms with E-state index in [0.717, 1.165) is 12.4 Å². The summed E-state index contributed by atoms with van der Waals surface area (Å²) >= 11 is 6.24. The van der Waals surface area contributed by atoms with E-state index in [1.165, 1.54) is 12.1 Å². The predicted octanol–water partition coefficient (Wildman–Crippen LogP) is 5.08. The number of aromatic nitrogens is 5. The van der Waals surface area contributed by atoms with Crippen LogP contribution in [-0.4, -0.2) is 43.7 Å². The third-order valence-electron chi connectivity index (χ3n) is 5.68. The van der Waals surface area contributed by atoms with Crippen LogP contribution in [0.2, 0.25) is 5.02 Å². The first-order valence-corrected chi connectivity index (χ1v) is 10.9. The second-order valence-corrected chi connectivity index (χ2v) is 8.32. The second kappa shape index (κ2) is 8.71. The molecular formula is C22H18ClF4N7. The fourth-order valence-electron chi connectivity index (χ4n) is 4.00. The van der Waals surface area contributed by atoms with Crippen LogP contribution in [0.4, 0.5) is 29.3 Å². The van der Waals surface area contributed by atoms with Crippen molar-refractivity contribution in [2.24, 2.45) is 0 Å². The second-order valence-electron chi connectivity index (χ2n) is 7.91. The van der Waals surface area contributed by atoms with Crippen molar-refractivity contribution in [3.05, 3.63) is 65.5 Å². The molecule has 1 aliphatic heterocycles. The Morgan fingerprint density at radius 3 is 2.56 bits per heavy atom. The number of pyridine rings is 1. The number of benzene rings is 1. The van der Waals surface area contributed by atoms with E-state index in [0.29, 0.717) is 48.7 Å². The number of nitrogens with one attached hydrogen (secondary N) is 1. The Labute approximate surface area is 196 Å². The summed E-state index contributed by atoms with van der Waals surface area (Å²) < 4.78 is 53.9. The molecule has 0 radical (unpaired) electrons. The molecule has 5 rings (SSSR count). The topological polar surface area (TPSA) is 71.2 Å². The lowest BCUT2D eigenvalue weighted by Gasteiger charge is -2.33. The standard InChI is InChI=1S/C22H18ClF4N7/c23-17-10-13(24)3-4-15(17)16-2-1-7-34-20(16)31-21(32-34)30-14-5-8-33(9-6-14)19-11-18(22(25,26)27)28-12-29-19/h1-4,7,10-12,14H,5-6,8-9H2,(H,30,32). The Hall–Kier alpha value is -3.47. The summed E-state index contributed by atoms with van der Waals surface area (Å²) in [5, 5.41) is 8.05. The molecule has 0 bridgehead atoms. The molecule has 3 aromatic heterocycles. The van der Waals surface area contributed by atoms with E-state index in [9.17, 15) is 17.6 Å². The highest BCUT2D eigenvalue weighted by Crippen LogP contribution is 2.32. The molecule has 34 heavy (non-hydrogen) atoms. The quantitative estimate of drug-likeness (QED) is 0.401. The van der Waals surface area contributed by atoms with E-state index in [4.69, 9.17) is 11.6 Å². The highest BCUT2D eigenvalue weighted by Gasteiger charge is 2.33. The van der Waals surface area contributed by atoms with Crippen LogP contribution >= 0.6 is 11.6 Å². The van der Waals surface area contributed by atoms with Gasteiger partial charge in [0.2, 0.25) is 5.95 Å². The first-order chi connectivity index (χ1) is 16.3. The summed E-state index contributed by atoms with van der Waals surface area (Å²) in [6.07, 6.45) is -0.489. The first-order valence-electron chi connectivity index (χ1n) is 10.5. The van der Waals surface area contributed by atoms with E-state index in [2.05, 4.69) is 25.4 Å². The van der Waals surface area contributed by atoms with Gasteiger partial charge < -0.3 is 10.2 Å². The zero-order valence-corrected chi connectivity index (χ0v) is 18.4. The molecule has 1 N–H and O–H groups in total. The van der Waals surface area contributed by atoms with Crippen molar-refractivity contribution in [3.8, 4) is 11.1 Å². The molecule has 12 heteroatoms. The Morgan fingerprint density at radius 1 is 1.03 bits per heavy atom. The number of hydrogen-bond acceptors (Lipinski definition) is 6. The largest absolute Gasteiger partial charge is 0.433 e. The monoisotopic (exact) mass is 491 g/mol. The normalized spacial score (nSPS) is 15.1. The summed E-state index contributed by atoms with van der Waals surface area (Å²) in [4.78, 5) is 13.7. The van der Waals surface area contributed by atoms with E-state index in [1.54, 1.807) is 27.7 Å². The van der Waals surface area contributed by atoms with Gasteiger partial charge in [0, 0.05) is 42.5 Å². The van der Waals surface area contributed by atoms with Gasteiger partial charge in [-0.15, -0.1) is 5.10 Å². The summed E-state index contributed by atoms with van der Waals surface area (Å²) in [6.45, 7) is 1.05. The minimum absolute atomic E-state index is 0.0374. The summed E-state index contributed by atoms with van der Waals surface area (Å²) in [5.74, 6) is 0.255. The lowest BCUT2D eigenvalue weighted by molar-refractivity contribution is -0.141. The maximum absolute atomic E-state index is 13.5. The minimum Gasteiger partial charge on any atom is -0.356 e. The molecule has 0 spiro atoms. The minimum atomic E-state index is -4.51. The average Bonchev–Trinajstić information content (AvgIpc) is 3.22. The Kier molecular flexibility index (Phi) is 5.72. The van der Waals surface area contributed by atoms with Gasteiger partial charge in [-0.2, -0.15) is 18.2 Å². The molecule has 1 aromatic carbocycles. The molecule has 1 fully saturated rings. The number of piperidine rings is 1. The van der Waals surface area contributed by atoms with Gasteiger partial charge in [-0.3, -0.25) is 0 Å². The lowest BCUT2D eigenvalue weighted by Crippen LogP contribution is -2.39. The van der Waals surface area contributed by atoms with E-state index in [-0.39, 0.29) is 16.9 Å². The first kappa shape index (κ1) is 22.3. The van der Waals surface area contributed by atoms with Gasteiger partial charge in [0.1, 0.15) is 23.7 Å². The molecule has 1 aliphatic rings. The number of nitrogens with zero attached hydrogens (tertiary/aromatic N) is 6. The molecule has 0 aliphatic carbocycles. The number of rotatable bonds is 4. The van der Waals surface area contributed by atoms with Crippen molar-refractivity contribution < 1.29 is 17.6 Å². The van der Waals surface area contributed by atoms with E-state index >= 15 is 0 Å². The van der Waals surface area contributed by atoms with Crippen molar-refractivity contribution in [1.29, 1.82) is 0 Å². The summed E-state index contributed by atoms with van der Waals surface area (Å²) in [7, 11) is 0. The van der Waals surface area contributed by atoms with Crippen LogP contribution in [0, 0.1) is 5.82 Å². The molecule has 0 unspecified atom stereocenters. The fraction of sp³-hybridized carbons (Fsp3) is 0.273. The third-order valence-corrected chi connectivity index (χ3v) is 5.99. The van der Waals surface area contributed by atoms with Crippen LogP contribution < -0.4 is 10.2 Å². The maximum Gasteiger partial charge on any atom is 0.433 e. The Bertz CT molecular complexity index is 1330. The van der Waals surface area contributed by atoms with Gasteiger partial charge in [-0.05, 0) is 43.2 Å². The van der Waals surface area contributed by atoms with Gasteiger partial charge in [0.15, 0.2) is 5.65 Å². The molecule has 0 amide bonds. The molecule has 7 nitrogen and oxygen atoms in total. The Balaban J connectivity index is 1.30. The van der Waals surface area contributed by atoms with Gasteiger partial charge in [0.25, 0.3) is 0 Å². The van der Waals surface area contributed by atoms with E-state index < -0.39 is 17.7 Å². The molecular weight excluding hydrogens is 474 g/mol. The number of anilines is 2. The zero-order valence-electron chi connectivity index (χ0n) is 17.6. The fourth-order valence-corrected chi connectivity index (χ4v) is 4.27. The number of fused-ring (bicyclic) bond motifs is 1. The zero-order chi connectivity index (χ0) is 23.9. The van der Waals surface area contributed by atoms with Gasteiger partial charge >= 0.3 is 6.18 Å². The van der Waals surface area contributed by atoms with Crippen molar-refractivity contribution in [2.45, 2.75) is 25.1 Å². The van der Waals surface area contributed by atoms with Gasteiger partial charge in [0.05, 0.1) is 5.02 Å². The maximum atomic E-state index is 13.5. The predicted molar refractivity (Wildman–Crippen MR) is 119 cm³/mol.